The summed E-state index contributed by atoms with van der Waals surface area (Å²) in [6, 6.07) is 0. The number of ketones is 3. The van der Waals surface area contributed by atoms with Gasteiger partial charge in [-0.3, -0.25) is 14.4 Å². The molecule has 0 aliphatic heterocycles. The Kier molecular flexibility index (Phi) is 3.05. The third kappa shape index (κ3) is 1.73. The molecule has 4 aliphatic rings. The van der Waals surface area contributed by atoms with Crippen LogP contribution in [0.4, 0.5) is 0 Å². The molecule has 4 saturated carbocycles. The van der Waals surface area contributed by atoms with E-state index in [0.717, 1.165) is 12.8 Å². The van der Waals surface area contributed by atoms with Crippen molar-refractivity contribution in [2.24, 2.45) is 28.6 Å². The van der Waals surface area contributed by atoms with Crippen LogP contribution in [-0.2, 0) is 14.4 Å². The molecule has 0 aromatic rings. The van der Waals surface area contributed by atoms with Gasteiger partial charge in [-0.05, 0) is 49.9 Å². The van der Waals surface area contributed by atoms with Gasteiger partial charge in [-0.1, -0.05) is 6.92 Å². The summed E-state index contributed by atoms with van der Waals surface area (Å²) in [5, 5.41) is 11.5. The lowest BCUT2D eigenvalue weighted by atomic mass is 9.43. The summed E-state index contributed by atoms with van der Waals surface area (Å²) in [6.07, 6.45) is 4.57. The highest BCUT2D eigenvalue weighted by Gasteiger charge is 2.68. The fraction of sp³-hybridized carbons (Fsp3) is 0.842. The molecule has 1 N–H and O–H groups in total. The minimum absolute atomic E-state index is 0.116. The summed E-state index contributed by atoms with van der Waals surface area (Å²) in [6.45, 7) is 4.06. The average Bonchev–Trinajstić information content (AvgIpc) is 2.74. The van der Waals surface area contributed by atoms with Crippen LogP contribution >= 0.6 is 0 Å². The van der Waals surface area contributed by atoms with Crippen LogP contribution < -0.4 is 0 Å². The molecule has 1 unspecified atom stereocenters. The molecule has 4 aliphatic carbocycles. The Bertz CT molecular complexity index is 610. The van der Waals surface area contributed by atoms with Gasteiger partial charge in [0, 0.05) is 31.6 Å². The van der Waals surface area contributed by atoms with E-state index in [-0.39, 0.29) is 40.5 Å². The number of hydrogen-bond acceptors (Lipinski definition) is 4. The van der Waals surface area contributed by atoms with Crippen LogP contribution in [0.3, 0.4) is 0 Å². The van der Waals surface area contributed by atoms with E-state index in [1.165, 1.54) is 0 Å². The third-order valence-corrected chi connectivity index (χ3v) is 8.19. The number of carbonyl (C=O) groups is 3. The Morgan fingerprint density at radius 1 is 0.957 bits per heavy atom. The molecular formula is C19H26O4. The van der Waals surface area contributed by atoms with E-state index in [1.54, 1.807) is 0 Å². The minimum atomic E-state index is -1.03. The molecule has 4 heteroatoms. The zero-order valence-electron chi connectivity index (χ0n) is 14.1. The molecule has 0 bridgehead atoms. The van der Waals surface area contributed by atoms with E-state index < -0.39 is 11.0 Å². The number of aliphatic hydroxyl groups is 1. The van der Waals surface area contributed by atoms with Crippen molar-refractivity contribution in [3.8, 4) is 0 Å². The van der Waals surface area contributed by atoms with Crippen LogP contribution in [0.2, 0.25) is 0 Å². The van der Waals surface area contributed by atoms with Crippen molar-refractivity contribution in [3.63, 3.8) is 0 Å². The highest BCUT2D eigenvalue weighted by Crippen LogP contribution is 2.65. The van der Waals surface area contributed by atoms with Gasteiger partial charge in [0.25, 0.3) is 0 Å². The molecular weight excluding hydrogens is 292 g/mol. The summed E-state index contributed by atoms with van der Waals surface area (Å²) in [5.41, 5.74) is -1.89. The molecule has 0 aromatic carbocycles. The first-order chi connectivity index (χ1) is 10.7. The van der Waals surface area contributed by atoms with Crippen LogP contribution in [-0.4, -0.2) is 28.1 Å². The van der Waals surface area contributed by atoms with Crippen molar-refractivity contribution in [1.29, 1.82) is 0 Å². The second kappa shape index (κ2) is 4.53. The van der Waals surface area contributed by atoms with Crippen molar-refractivity contribution in [2.75, 3.05) is 0 Å². The molecule has 0 amide bonds. The first-order valence-electron chi connectivity index (χ1n) is 9.02. The van der Waals surface area contributed by atoms with Crippen LogP contribution in [0, 0.1) is 28.6 Å². The van der Waals surface area contributed by atoms with Crippen LogP contribution in [0.5, 0.6) is 0 Å². The normalized spacial score (nSPS) is 52.8. The number of rotatable bonds is 0. The number of fused-ring (bicyclic) bond motifs is 5. The van der Waals surface area contributed by atoms with Gasteiger partial charge < -0.3 is 5.11 Å². The van der Waals surface area contributed by atoms with Gasteiger partial charge in [-0.25, -0.2) is 0 Å². The lowest BCUT2D eigenvalue weighted by Crippen LogP contribution is -2.64. The largest absolute Gasteiger partial charge is 0.389 e. The molecule has 4 nitrogen and oxygen atoms in total. The van der Waals surface area contributed by atoms with Gasteiger partial charge in [0.1, 0.15) is 17.3 Å². The van der Waals surface area contributed by atoms with E-state index in [2.05, 4.69) is 6.92 Å². The van der Waals surface area contributed by atoms with E-state index in [9.17, 15) is 19.5 Å². The molecule has 0 radical (unpaired) electrons. The van der Waals surface area contributed by atoms with Gasteiger partial charge in [0.2, 0.25) is 0 Å². The second-order valence-electron chi connectivity index (χ2n) is 8.90. The van der Waals surface area contributed by atoms with Gasteiger partial charge in [0.05, 0.1) is 11.0 Å². The first kappa shape index (κ1) is 15.5. The summed E-state index contributed by atoms with van der Waals surface area (Å²) < 4.78 is 0. The molecule has 23 heavy (non-hydrogen) atoms. The van der Waals surface area contributed by atoms with Gasteiger partial charge in [-0.2, -0.15) is 0 Å². The summed E-state index contributed by atoms with van der Waals surface area (Å²) in [5.74, 6) is 0.470. The maximum absolute atomic E-state index is 12.8. The standard InChI is InChI=1S/C19H26O4/c1-17-6-3-11(20)9-14(17)15(21)10-13-12(17)4-7-18(2)16(22)5-8-19(13,18)23/h12-14,23H,3-10H2,1-2H3/t12-,13+,14?,17+,18+,19+/m0/s1. The van der Waals surface area contributed by atoms with Crippen molar-refractivity contribution in [3.05, 3.63) is 0 Å². The van der Waals surface area contributed by atoms with Crippen molar-refractivity contribution >= 4 is 17.3 Å². The van der Waals surface area contributed by atoms with Crippen LogP contribution in [0.25, 0.3) is 0 Å². The van der Waals surface area contributed by atoms with Crippen LogP contribution in [0.1, 0.15) is 65.2 Å². The summed E-state index contributed by atoms with van der Waals surface area (Å²) >= 11 is 0. The fourth-order valence-electron chi connectivity index (χ4n) is 6.56. The molecule has 0 saturated heterocycles. The zero-order chi connectivity index (χ0) is 16.6. The molecule has 6 atom stereocenters. The Morgan fingerprint density at radius 3 is 2.43 bits per heavy atom. The molecule has 0 spiro atoms. The quantitative estimate of drug-likeness (QED) is 0.745. The summed E-state index contributed by atoms with van der Waals surface area (Å²) in [7, 11) is 0. The lowest BCUT2D eigenvalue weighted by Gasteiger charge is -2.61. The van der Waals surface area contributed by atoms with E-state index >= 15 is 0 Å². The smallest absolute Gasteiger partial charge is 0.141 e. The second-order valence-corrected chi connectivity index (χ2v) is 8.90. The maximum Gasteiger partial charge on any atom is 0.141 e. The van der Waals surface area contributed by atoms with Crippen LogP contribution in [0.15, 0.2) is 0 Å². The number of Topliss-reactive ketones (excluding diaryl/α,β-unsaturated/α-hetero) is 3. The van der Waals surface area contributed by atoms with Gasteiger partial charge in [-0.15, -0.1) is 0 Å². The molecule has 4 fully saturated rings. The van der Waals surface area contributed by atoms with E-state index in [1.807, 2.05) is 6.92 Å². The average molecular weight is 318 g/mol. The lowest BCUT2D eigenvalue weighted by molar-refractivity contribution is -0.198. The molecule has 0 heterocycles. The fourth-order valence-corrected chi connectivity index (χ4v) is 6.56. The van der Waals surface area contributed by atoms with E-state index in [0.29, 0.717) is 38.5 Å². The monoisotopic (exact) mass is 318 g/mol. The van der Waals surface area contributed by atoms with Crippen molar-refractivity contribution in [1.82, 2.24) is 0 Å². The van der Waals surface area contributed by atoms with Gasteiger partial charge in [0.15, 0.2) is 0 Å². The highest BCUT2D eigenvalue weighted by molar-refractivity contribution is 5.92. The predicted molar refractivity (Wildman–Crippen MR) is 83.6 cm³/mol. The Balaban J connectivity index is 1.76. The SMILES string of the molecule is C[C@]12CCC(=O)CC1C(=O)C[C@@H]1[C@@H]2CC[C@]2(C)C(=O)CC[C@@]12O. The minimum Gasteiger partial charge on any atom is -0.389 e. The molecule has 126 valence electrons. The van der Waals surface area contributed by atoms with Crippen molar-refractivity contribution < 1.29 is 19.5 Å². The van der Waals surface area contributed by atoms with E-state index in [4.69, 9.17) is 0 Å². The zero-order valence-corrected chi connectivity index (χ0v) is 14.1. The third-order valence-electron chi connectivity index (χ3n) is 8.19. The Labute approximate surface area is 137 Å². The highest BCUT2D eigenvalue weighted by atomic mass is 16.3. The topological polar surface area (TPSA) is 71.4 Å². The molecule has 0 aromatic heterocycles. The number of carbonyl (C=O) groups excluding carboxylic acids is 3. The predicted octanol–water partition coefficient (Wildman–Crippen LogP) is 2.46. The first-order valence-corrected chi connectivity index (χ1v) is 9.02. The van der Waals surface area contributed by atoms with Crippen molar-refractivity contribution in [2.45, 2.75) is 70.8 Å². The summed E-state index contributed by atoms with van der Waals surface area (Å²) in [4.78, 5) is 37.1. The van der Waals surface area contributed by atoms with Gasteiger partial charge >= 0.3 is 0 Å². The molecule has 4 rings (SSSR count). The maximum atomic E-state index is 12.8. The Morgan fingerprint density at radius 2 is 1.70 bits per heavy atom. The number of hydrogen-bond donors (Lipinski definition) is 1. The Hall–Kier alpha value is -1.03.